The molecule has 1 saturated heterocycles. The fraction of sp³-hybridized carbons (Fsp3) is 1.00. The highest BCUT2D eigenvalue weighted by molar-refractivity contribution is 4.84. The average Bonchev–Trinajstić information content (AvgIpc) is 2.36. The molecule has 0 saturated carbocycles. The first kappa shape index (κ1) is 13.9. The summed E-state index contributed by atoms with van der Waals surface area (Å²) < 4.78 is 0. The van der Waals surface area contributed by atoms with Gasteiger partial charge in [0, 0.05) is 18.1 Å². The lowest BCUT2D eigenvalue weighted by molar-refractivity contribution is 0.0938. The normalized spacial score (nSPS) is 23.6. The monoisotopic (exact) mass is 227 g/mol. The Balaban J connectivity index is 2.40. The van der Waals surface area contributed by atoms with Crippen LogP contribution in [0.4, 0.5) is 0 Å². The lowest BCUT2D eigenvalue weighted by atomic mass is 9.99. The second kappa shape index (κ2) is 6.58. The van der Waals surface area contributed by atoms with E-state index in [2.05, 4.69) is 37.6 Å². The summed E-state index contributed by atoms with van der Waals surface area (Å²) in [6, 6.07) is 1.55. The lowest BCUT2D eigenvalue weighted by Crippen LogP contribution is -2.51. The zero-order valence-corrected chi connectivity index (χ0v) is 11.4. The van der Waals surface area contributed by atoms with Gasteiger partial charge in [-0.1, -0.05) is 13.8 Å². The molecule has 1 heterocycles. The van der Waals surface area contributed by atoms with Crippen molar-refractivity contribution in [3.63, 3.8) is 0 Å². The average molecular weight is 227 g/mol. The van der Waals surface area contributed by atoms with Crippen molar-refractivity contribution >= 4 is 0 Å². The number of rotatable bonds is 5. The maximum atomic E-state index is 6.13. The van der Waals surface area contributed by atoms with Gasteiger partial charge in [-0.2, -0.15) is 0 Å². The van der Waals surface area contributed by atoms with Crippen molar-refractivity contribution in [2.75, 3.05) is 26.7 Å². The highest BCUT2D eigenvalue weighted by atomic mass is 15.2. The molecule has 2 atom stereocenters. The van der Waals surface area contributed by atoms with Crippen molar-refractivity contribution in [2.24, 2.45) is 5.73 Å². The topological polar surface area (TPSA) is 32.5 Å². The molecule has 1 aliphatic heterocycles. The molecule has 0 spiro atoms. The summed E-state index contributed by atoms with van der Waals surface area (Å²) in [5, 5.41) is 0. The van der Waals surface area contributed by atoms with E-state index in [1.165, 1.54) is 32.5 Å². The molecule has 1 fully saturated rings. The van der Waals surface area contributed by atoms with Crippen molar-refractivity contribution in [2.45, 2.75) is 58.2 Å². The molecule has 0 radical (unpaired) electrons. The van der Waals surface area contributed by atoms with Crippen molar-refractivity contribution in [3.8, 4) is 0 Å². The first-order valence-electron chi connectivity index (χ1n) is 6.80. The fourth-order valence-corrected chi connectivity index (χ4v) is 2.62. The Hall–Kier alpha value is -0.120. The molecule has 0 aromatic rings. The minimum Gasteiger partial charge on any atom is -0.326 e. The minimum absolute atomic E-state index is 0.314. The van der Waals surface area contributed by atoms with Gasteiger partial charge in [0.25, 0.3) is 0 Å². The Labute approximate surface area is 101 Å². The molecule has 96 valence electrons. The third-order valence-electron chi connectivity index (χ3n) is 4.31. The summed E-state index contributed by atoms with van der Waals surface area (Å²) in [6.45, 7) is 10.4. The van der Waals surface area contributed by atoms with E-state index >= 15 is 0 Å². The molecular weight excluding hydrogens is 198 g/mol. The number of hydrogen-bond donors (Lipinski definition) is 1. The lowest BCUT2D eigenvalue weighted by Gasteiger charge is -2.40. The molecule has 1 aliphatic rings. The smallest absolute Gasteiger partial charge is 0.0218 e. The molecule has 3 nitrogen and oxygen atoms in total. The van der Waals surface area contributed by atoms with Crippen LogP contribution >= 0.6 is 0 Å². The number of hydrogen-bond acceptors (Lipinski definition) is 3. The molecule has 0 aromatic heterocycles. The highest BCUT2D eigenvalue weighted by Crippen LogP contribution is 2.18. The van der Waals surface area contributed by atoms with Crippen LogP contribution in [0.3, 0.4) is 0 Å². The van der Waals surface area contributed by atoms with Crippen LogP contribution in [0.15, 0.2) is 0 Å². The largest absolute Gasteiger partial charge is 0.326 e. The maximum absolute atomic E-state index is 6.13. The first-order chi connectivity index (χ1) is 7.60. The van der Waals surface area contributed by atoms with Crippen LogP contribution < -0.4 is 5.73 Å². The molecule has 0 amide bonds. The number of likely N-dealkylation sites (tertiary alicyclic amines) is 1. The molecule has 1 rings (SSSR count). The number of piperidine rings is 1. The van der Waals surface area contributed by atoms with Gasteiger partial charge in [0.05, 0.1) is 0 Å². The molecular formula is C13H29N3. The SMILES string of the molecule is CCC(N)C(C)N(C)C1CCN(CC)CC1. The van der Waals surface area contributed by atoms with E-state index in [4.69, 9.17) is 5.73 Å². The van der Waals surface area contributed by atoms with E-state index in [-0.39, 0.29) is 0 Å². The van der Waals surface area contributed by atoms with Crippen LogP contribution in [0.1, 0.15) is 40.0 Å². The minimum atomic E-state index is 0.314. The molecule has 16 heavy (non-hydrogen) atoms. The van der Waals surface area contributed by atoms with Gasteiger partial charge in [-0.05, 0) is 52.9 Å². The molecule has 0 aromatic carbocycles. The molecule has 0 bridgehead atoms. The summed E-state index contributed by atoms with van der Waals surface area (Å²) in [5.41, 5.74) is 6.13. The third-order valence-corrected chi connectivity index (χ3v) is 4.31. The van der Waals surface area contributed by atoms with E-state index in [1.54, 1.807) is 0 Å². The Bertz CT molecular complexity index is 188. The second-order valence-corrected chi connectivity index (χ2v) is 5.14. The van der Waals surface area contributed by atoms with Crippen LogP contribution in [0.25, 0.3) is 0 Å². The highest BCUT2D eigenvalue weighted by Gasteiger charge is 2.26. The van der Waals surface area contributed by atoms with Gasteiger partial charge in [-0.15, -0.1) is 0 Å². The zero-order valence-electron chi connectivity index (χ0n) is 11.4. The van der Waals surface area contributed by atoms with E-state index < -0.39 is 0 Å². The summed E-state index contributed by atoms with van der Waals surface area (Å²) >= 11 is 0. The second-order valence-electron chi connectivity index (χ2n) is 5.14. The van der Waals surface area contributed by atoms with Gasteiger partial charge in [-0.3, -0.25) is 4.90 Å². The summed E-state index contributed by atoms with van der Waals surface area (Å²) in [4.78, 5) is 5.04. The Morgan fingerprint density at radius 1 is 1.31 bits per heavy atom. The number of nitrogens with zero attached hydrogens (tertiary/aromatic N) is 2. The van der Waals surface area contributed by atoms with Crippen LogP contribution in [-0.2, 0) is 0 Å². The van der Waals surface area contributed by atoms with Crippen molar-refractivity contribution < 1.29 is 0 Å². The predicted molar refractivity (Wildman–Crippen MR) is 70.6 cm³/mol. The fourth-order valence-electron chi connectivity index (χ4n) is 2.62. The van der Waals surface area contributed by atoms with Gasteiger partial charge in [0.15, 0.2) is 0 Å². The van der Waals surface area contributed by atoms with Crippen LogP contribution in [-0.4, -0.2) is 54.6 Å². The van der Waals surface area contributed by atoms with E-state index in [1.807, 2.05) is 0 Å². The molecule has 0 aliphatic carbocycles. The van der Waals surface area contributed by atoms with E-state index in [9.17, 15) is 0 Å². The van der Waals surface area contributed by atoms with E-state index in [0.717, 1.165) is 12.5 Å². The van der Waals surface area contributed by atoms with Crippen LogP contribution in [0.5, 0.6) is 0 Å². The standard InChI is InChI=1S/C13H29N3/c1-5-13(14)11(3)15(4)12-7-9-16(6-2)10-8-12/h11-13H,5-10,14H2,1-4H3. The van der Waals surface area contributed by atoms with Gasteiger partial charge in [-0.25, -0.2) is 0 Å². The van der Waals surface area contributed by atoms with E-state index in [0.29, 0.717) is 12.1 Å². The van der Waals surface area contributed by atoms with Crippen molar-refractivity contribution in [1.29, 1.82) is 0 Å². The van der Waals surface area contributed by atoms with Gasteiger partial charge >= 0.3 is 0 Å². The number of likely N-dealkylation sites (N-methyl/N-ethyl adjacent to an activating group) is 1. The van der Waals surface area contributed by atoms with Crippen LogP contribution in [0, 0.1) is 0 Å². The molecule has 3 heteroatoms. The summed E-state index contributed by atoms with van der Waals surface area (Å²) in [7, 11) is 2.24. The van der Waals surface area contributed by atoms with Gasteiger partial charge in [0.2, 0.25) is 0 Å². The maximum Gasteiger partial charge on any atom is 0.0218 e. The predicted octanol–water partition coefficient (Wildman–Crippen LogP) is 1.53. The molecule has 2 unspecified atom stereocenters. The van der Waals surface area contributed by atoms with Crippen molar-refractivity contribution in [1.82, 2.24) is 9.80 Å². The third kappa shape index (κ3) is 3.44. The first-order valence-corrected chi connectivity index (χ1v) is 6.80. The van der Waals surface area contributed by atoms with Gasteiger partial charge < -0.3 is 10.6 Å². The molecule has 2 N–H and O–H groups in total. The Morgan fingerprint density at radius 3 is 2.31 bits per heavy atom. The summed E-state index contributed by atoms with van der Waals surface area (Å²) in [5.74, 6) is 0. The van der Waals surface area contributed by atoms with Gasteiger partial charge in [0.1, 0.15) is 0 Å². The summed E-state index contributed by atoms with van der Waals surface area (Å²) in [6.07, 6.45) is 3.66. The number of nitrogens with two attached hydrogens (primary N) is 1. The zero-order chi connectivity index (χ0) is 12.1. The Morgan fingerprint density at radius 2 is 1.88 bits per heavy atom. The Kier molecular flexibility index (Phi) is 5.73. The quantitative estimate of drug-likeness (QED) is 0.773. The van der Waals surface area contributed by atoms with Crippen molar-refractivity contribution in [3.05, 3.63) is 0 Å². The van der Waals surface area contributed by atoms with Crippen LogP contribution in [0.2, 0.25) is 0 Å².